The molecule has 0 atom stereocenters. The Morgan fingerprint density at radius 2 is 1.80 bits per heavy atom. The van der Waals surface area contributed by atoms with Gasteiger partial charge in [0.1, 0.15) is 13.1 Å². The van der Waals surface area contributed by atoms with E-state index in [-0.39, 0.29) is 12.2 Å². The summed E-state index contributed by atoms with van der Waals surface area (Å²) in [6.07, 6.45) is 6.88. The van der Waals surface area contributed by atoms with Crippen molar-refractivity contribution in [1.82, 2.24) is 19.5 Å². The Bertz CT molecular complexity index is 951. The minimum atomic E-state index is -1.13. The van der Waals surface area contributed by atoms with E-state index in [1.807, 2.05) is 24.3 Å². The highest BCUT2D eigenvalue weighted by atomic mass is 28.3. The molecule has 0 spiro atoms. The minimum absolute atomic E-state index is 0.0681. The van der Waals surface area contributed by atoms with Crippen molar-refractivity contribution < 1.29 is 9.53 Å². The first kappa shape index (κ1) is 22.1. The van der Waals surface area contributed by atoms with Crippen LogP contribution < -0.4 is 0 Å². The summed E-state index contributed by atoms with van der Waals surface area (Å²) in [5.74, 6) is 0.342. The Hall–Kier alpha value is -2.64. The Labute approximate surface area is 179 Å². The van der Waals surface area contributed by atoms with E-state index in [2.05, 4.69) is 46.7 Å². The summed E-state index contributed by atoms with van der Waals surface area (Å²) in [7, 11) is -1.13. The van der Waals surface area contributed by atoms with Crippen LogP contribution >= 0.6 is 0 Å². The molecule has 0 aliphatic carbocycles. The van der Waals surface area contributed by atoms with Crippen LogP contribution in [-0.2, 0) is 30.7 Å². The number of nitrogens with zero attached hydrogens (tertiary/aromatic N) is 4. The molecule has 1 aromatic carbocycles. The molecular weight excluding hydrogens is 392 g/mol. The summed E-state index contributed by atoms with van der Waals surface area (Å²) >= 11 is 0. The summed E-state index contributed by atoms with van der Waals surface area (Å²) in [5.41, 5.74) is 2.92. The van der Waals surface area contributed by atoms with Crippen molar-refractivity contribution in [3.63, 3.8) is 0 Å². The van der Waals surface area contributed by atoms with Gasteiger partial charge in [-0.15, -0.1) is 0 Å². The molecule has 2 aromatic heterocycles. The lowest BCUT2D eigenvalue weighted by Gasteiger charge is -2.15. The lowest BCUT2D eigenvalue weighted by Crippen LogP contribution is -2.22. The second-order valence-corrected chi connectivity index (χ2v) is 14.3. The smallest absolute Gasteiger partial charge is 0.204 e. The van der Waals surface area contributed by atoms with E-state index < -0.39 is 8.07 Å². The van der Waals surface area contributed by atoms with Crippen LogP contribution in [0.15, 0.2) is 55.1 Å². The first-order valence-corrected chi connectivity index (χ1v) is 14.1. The SMILES string of the molecule is C[Si](C)(C)CCOCn1ccnc1C(=O)Cc1cc(CCc2ccccc2)ncn1. The summed E-state index contributed by atoms with van der Waals surface area (Å²) in [6.45, 7) is 8.00. The molecule has 2 heterocycles. The van der Waals surface area contributed by atoms with Crippen molar-refractivity contribution in [2.75, 3.05) is 6.61 Å². The van der Waals surface area contributed by atoms with Gasteiger partial charge in [-0.1, -0.05) is 50.0 Å². The fraction of sp³-hybridized carbons (Fsp3) is 0.391. The highest BCUT2D eigenvalue weighted by molar-refractivity contribution is 6.76. The molecular formula is C23H30N4O2Si. The van der Waals surface area contributed by atoms with E-state index in [9.17, 15) is 4.79 Å². The normalized spacial score (nSPS) is 11.6. The van der Waals surface area contributed by atoms with Crippen LogP contribution in [0.3, 0.4) is 0 Å². The molecule has 0 fully saturated rings. The Balaban J connectivity index is 1.55. The highest BCUT2D eigenvalue weighted by Gasteiger charge is 2.16. The molecule has 6 nitrogen and oxygen atoms in total. The van der Waals surface area contributed by atoms with E-state index in [0.29, 0.717) is 24.9 Å². The number of aryl methyl sites for hydroxylation is 2. The van der Waals surface area contributed by atoms with Gasteiger partial charge in [0.2, 0.25) is 5.78 Å². The van der Waals surface area contributed by atoms with E-state index in [1.165, 1.54) is 11.9 Å². The quantitative estimate of drug-likeness (QED) is 0.263. The maximum absolute atomic E-state index is 12.8. The number of ketones is 1. The van der Waals surface area contributed by atoms with Gasteiger partial charge in [0.25, 0.3) is 0 Å². The fourth-order valence-electron chi connectivity index (χ4n) is 3.04. The topological polar surface area (TPSA) is 69.9 Å². The van der Waals surface area contributed by atoms with Crippen LogP contribution in [-0.4, -0.2) is 40.0 Å². The van der Waals surface area contributed by atoms with Gasteiger partial charge < -0.3 is 9.30 Å². The van der Waals surface area contributed by atoms with Crippen molar-refractivity contribution >= 4 is 13.9 Å². The second kappa shape index (κ2) is 10.4. The lowest BCUT2D eigenvalue weighted by molar-refractivity contribution is 0.0798. The fourth-order valence-corrected chi connectivity index (χ4v) is 3.80. The number of ether oxygens (including phenoxy) is 1. The Morgan fingerprint density at radius 1 is 1.03 bits per heavy atom. The number of imidazole rings is 1. The van der Waals surface area contributed by atoms with Crippen molar-refractivity contribution in [1.29, 1.82) is 0 Å². The van der Waals surface area contributed by atoms with Gasteiger partial charge in [-0.25, -0.2) is 15.0 Å². The molecule has 0 bridgehead atoms. The average molecular weight is 423 g/mol. The molecule has 0 saturated carbocycles. The van der Waals surface area contributed by atoms with Crippen LogP contribution in [0.4, 0.5) is 0 Å². The molecule has 158 valence electrons. The molecule has 30 heavy (non-hydrogen) atoms. The molecule has 0 saturated heterocycles. The lowest BCUT2D eigenvalue weighted by atomic mass is 10.1. The monoisotopic (exact) mass is 422 g/mol. The highest BCUT2D eigenvalue weighted by Crippen LogP contribution is 2.10. The summed E-state index contributed by atoms with van der Waals surface area (Å²) in [5, 5.41) is 0. The van der Waals surface area contributed by atoms with Gasteiger partial charge in [0.05, 0.1) is 12.1 Å². The number of aromatic nitrogens is 4. The van der Waals surface area contributed by atoms with Crippen LogP contribution in [0.1, 0.15) is 27.6 Å². The van der Waals surface area contributed by atoms with Gasteiger partial charge >= 0.3 is 0 Å². The zero-order valence-corrected chi connectivity index (χ0v) is 19.0. The molecule has 0 aliphatic heterocycles. The zero-order chi connectivity index (χ0) is 21.4. The third-order valence-corrected chi connectivity index (χ3v) is 6.53. The third-order valence-electron chi connectivity index (χ3n) is 4.83. The standard InChI is InChI=1S/C23H30N4O2Si/c1-30(2,3)14-13-29-18-27-12-11-24-23(27)22(28)16-21-15-20(25-17-26-21)10-9-19-7-5-4-6-8-19/h4-8,11-12,15,17H,9-10,13-14,16,18H2,1-3H3. The predicted octanol–water partition coefficient (Wildman–Crippen LogP) is 4.20. The first-order valence-electron chi connectivity index (χ1n) is 10.4. The number of hydrogen-bond acceptors (Lipinski definition) is 5. The van der Waals surface area contributed by atoms with Gasteiger partial charge in [-0.05, 0) is 30.5 Å². The minimum Gasteiger partial charge on any atom is -0.361 e. The van der Waals surface area contributed by atoms with Crippen LogP contribution in [0.25, 0.3) is 0 Å². The zero-order valence-electron chi connectivity index (χ0n) is 18.0. The summed E-state index contributed by atoms with van der Waals surface area (Å²) in [6, 6.07) is 13.3. The van der Waals surface area contributed by atoms with Gasteiger partial charge in [-0.2, -0.15) is 0 Å². The molecule has 0 amide bonds. The molecule has 3 rings (SSSR count). The van der Waals surface area contributed by atoms with Gasteiger partial charge in [0.15, 0.2) is 5.82 Å². The predicted molar refractivity (Wildman–Crippen MR) is 120 cm³/mol. The van der Waals surface area contributed by atoms with E-state index in [4.69, 9.17) is 4.74 Å². The summed E-state index contributed by atoms with van der Waals surface area (Å²) in [4.78, 5) is 25.7. The van der Waals surface area contributed by atoms with Crippen LogP contribution in [0.2, 0.25) is 25.7 Å². The molecule has 0 radical (unpaired) electrons. The molecule has 0 unspecified atom stereocenters. The number of carbonyl (C=O) groups excluding carboxylic acids is 1. The van der Waals surface area contributed by atoms with Gasteiger partial charge in [-0.3, -0.25) is 4.79 Å². The maximum atomic E-state index is 12.8. The number of hydrogen-bond donors (Lipinski definition) is 0. The average Bonchev–Trinajstić information content (AvgIpc) is 3.19. The first-order chi connectivity index (χ1) is 14.4. The van der Waals surface area contributed by atoms with Crippen molar-refractivity contribution in [2.45, 2.75) is 51.7 Å². The van der Waals surface area contributed by atoms with Crippen LogP contribution in [0, 0.1) is 0 Å². The Kier molecular flexibility index (Phi) is 7.65. The van der Waals surface area contributed by atoms with Crippen molar-refractivity contribution in [3.8, 4) is 0 Å². The largest absolute Gasteiger partial charge is 0.361 e. The van der Waals surface area contributed by atoms with Crippen molar-refractivity contribution in [3.05, 3.63) is 77.9 Å². The number of carbonyl (C=O) groups is 1. The van der Waals surface area contributed by atoms with E-state index in [0.717, 1.165) is 24.6 Å². The maximum Gasteiger partial charge on any atom is 0.204 e. The molecule has 0 N–H and O–H groups in total. The van der Waals surface area contributed by atoms with E-state index in [1.54, 1.807) is 17.0 Å². The second-order valence-electron chi connectivity index (χ2n) is 8.65. The third kappa shape index (κ3) is 7.00. The molecule has 3 aromatic rings. The van der Waals surface area contributed by atoms with Crippen LogP contribution in [0.5, 0.6) is 0 Å². The van der Waals surface area contributed by atoms with Gasteiger partial charge in [0, 0.05) is 32.8 Å². The molecule has 7 heteroatoms. The Morgan fingerprint density at radius 3 is 2.57 bits per heavy atom. The van der Waals surface area contributed by atoms with E-state index >= 15 is 0 Å². The number of Topliss-reactive ketones (excluding diaryl/α,β-unsaturated/α-hetero) is 1. The number of benzene rings is 1. The summed E-state index contributed by atoms with van der Waals surface area (Å²) < 4.78 is 7.54. The number of rotatable bonds is 11. The molecule has 0 aliphatic rings. The van der Waals surface area contributed by atoms with Crippen molar-refractivity contribution in [2.24, 2.45) is 0 Å².